The van der Waals surface area contributed by atoms with Crippen LogP contribution >= 0.6 is 0 Å². The van der Waals surface area contributed by atoms with Gasteiger partial charge in [-0.25, -0.2) is 8.42 Å². The fourth-order valence-corrected chi connectivity index (χ4v) is 4.50. The summed E-state index contributed by atoms with van der Waals surface area (Å²) in [6, 6.07) is 20.7. The van der Waals surface area contributed by atoms with Crippen molar-refractivity contribution >= 4 is 38.2 Å². The number of carbonyl (C=O) groups is 1. The molecule has 0 radical (unpaired) electrons. The Labute approximate surface area is 198 Å². The summed E-state index contributed by atoms with van der Waals surface area (Å²) in [5.74, 6) is 0.572. The molecule has 8 nitrogen and oxygen atoms in total. The van der Waals surface area contributed by atoms with Gasteiger partial charge in [-0.05, 0) is 67.6 Å². The van der Waals surface area contributed by atoms with Crippen LogP contribution in [0.25, 0.3) is 10.9 Å². The van der Waals surface area contributed by atoms with Gasteiger partial charge in [-0.15, -0.1) is 0 Å². The van der Waals surface area contributed by atoms with Crippen molar-refractivity contribution in [2.75, 3.05) is 22.4 Å². The summed E-state index contributed by atoms with van der Waals surface area (Å²) in [5, 5.41) is 4.02. The number of aromatic amines is 1. The van der Waals surface area contributed by atoms with Crippen molar-refractivity contribution in [1.29, 1.82) is 0 Å². The van der Waals surface area contributed by atoms with Crippen LogP contribution in [-0.4, -0.2) is 38.2 Å². The molecule has 0 spiro atoms. The summed E-state index contributed by atoms with van der Waals surface area (Å²) in [7, 11) is -3.70. The van der Waals surface area contributed by atoms with Crippen molar-refractivity contribution in [1.82, 2.24) is 4.98 Å². The molecule has 0 unspecified atom stereocenters. The molecule has 4 rings (SSSR count). The minimum Gasteiger partial charge on any atom is -0.457 e. The minimum absolute atomic E-state index is 0.169. The average molecular weight is 479 g/mol. The van der Waals surface area contributed by atoms with Crippen molar-refractivity contribution in [3.63, 3.8) is 0 Å². The van der Waals surface area contributed by atoms with Gasteiger partial charge in [0.25, 0.3) is 0 Å². The summed E-state index contributed by atoms with van der Waals surface area (Å²) >= 11 is 0. The number of nitrogens with one attached hydrogen (secondary N) is 2. The van der Waals surface area contributed by atoms with E-state index in [-0.39, 0.29) is 6.54 Å². The van der Waals surface area contributed by atoms with Crippen molar-refractivity contribution in [3.8, 4) is 11.5 Å². The first-order valence-electron chi connectivity index (χ1n) is 10.6. The zero-order chi connectivity index (χ0) is 24.3. The zero-order valence-electron chi connectivity index (χ0n) is 18.9. The number of hydrogen-bond acceptors (Lipinski definition) is 5. The predicted molar refractivity (Wildman–Crippen MR) is 135 cm³/mol. The van der Waals surface area contributed by atoms with E-state index >= 15 is 0 Å². The van der Waals surface area contributed by atoms with Gasteiger partial charge in [0.2, 0.25) is 15.9 Å². The van der Waals surface area contributed by atoms with Crippen LogP contribution in [0.5, 0.6) is 11.5 Å². The van der Waals surface area contributed by atoms with Gasteiger partial charge in [0, 0.05) is 22.8 Å². The number of fused-ring (bicyclic) bond motifs is 1. The Morgan fingerprint density at radius 1 is 1.03 bits per heavy atom. The van der Waals surface area contributed by atoms with Crippen LogP contribution in [0.2, 0.25) is 0 Å². The molecule has 0 saturated heterocycles. The van der Waals surface area contributed by atoms with E-state index in [4.69, 9.17) is 10.5 Å². The Morgan fingerprint density at radius 3 is 2.29 bits per heavy atom. The number of carbonyl (C=O) groups excluding carboxylic acids is 1. The molecule has 0 bridgehead atoms. The van der Waals surface area contributed by atoms with E-state index in [1.807, 2.05) is 55.6 Å². The summed E-state index contributed by atoms with van der Waals surface area (Å²) in [4.78, 5) is 15.3. The first-order valence-corrected chi connectivity index (χ1v) is 12.5. The molecule has 1 heterocycles. The number of anilines is 2. The number of primary amides is 1. The van der Waals surface area contributed by atoms with Gasteiger partial charge >= 0.3 is 0 Å². The molecule has 0 saturated carbocycles. The zero-order valence-corrected chi connectivity index (χ0v) is 19.7. The number of aromatic nitrogens is 1. The highest BCUT2D eigenvalue weighted by atomic mass is 32.2. The number of benzene rings is 3. The Kier molecular flexibility index (Phi) is 6.47. The first-order chi connectivity index (χ1) is 16.2. The minimum atomic E-state index is -3.70. The molecule has 3 aromatic carbocycles. The molecule has 1 aromatic heterocycles. The molecule has 0 aliphatic rings. The lowest BCUT2D eigenvalue weighted by molar-refractivity contribution is -0.118. The third-order valence-corrected chi connectivity index (χ3v) is 6.53. The quantitative estimate of drug-likeness (QED) is 0.336. The fourth-order valence-electron chi connectivity index (χ4n) is 3.57. The number of nitrogens with zero attached hydrogens (tertiary/aromatic N) is 1. The summed E-state index contributed by atoms with van der Waals surface area (Å²) in [5.41, 5.74) is 8.75. The van der Waals surface area contributed by atoms with E-state index in [9.17, 15) is 13.2 Å². The number of ether oxygens (including phenoxy) is 1. The lowest BCUT2D eigenvalue weighted by Gasteiger charge is -2.27. The van der Waals surface area contributed by atoms with Crippen molar-refractivity contribution < 1.29 is 17.9 Å². The molecule has 4 aromatic rings. The maximum atomic E-state index is 12.6. The maximum Gasteiger partial charge on any atom is 0.241 e. The predicted octanol–water partition coefficient (Wildman–Crippen LogP) is 4.00. The fraction of sp³-hybridized carbons (Fsp3) is 0.160. The average Bonchev–Trinajstić information content (AvgIpc) is 3.26. The van der Waals surface area contributed by atoms with Crippen LogP contribution in [0.3, 0.4) is 0 Å². The summed E-state index contributed by atoms with van der Waals surface area (Å²) in [6.07, 6.45) is 2.91. The Balaban J connectivity index is 1.54. The summed E-state index contributed by atoms with van der Waals surface area (Å²) < 4.78 is 32.2. The van der Waals surface area contributed by atoms with Crippen molar-refractivity contribution in [3.05, 3.63) is 84.6 Å². The highest BCUT2D eigenvalue weighted by Crippen LogP contribution is 2.26. The van der Waals surface area contributed by atoms with Gasteiger partial charge in [0.1, 0.15) is 17.5 Å². The van der Waals surface area contributed by atoms with Crippen molar-refractivity contribution in [2.24, 2.45) is 5.73 Å². The normalized spacial score (nSPS) is 12.3. The van der Waals surface area contributed by atoms with Crippen LogP contribution in [0.1, 0.15) is 5.56 Å². The Hall–Kier alpha value is -3.98. The second kappa shape index (κ2) is 9.48. The lowest BCUT2D eigenvalue weighted by Crippen LogP contribution is -2.47. The van der Waals surface area contributed by atoms with Crippen LogP contribution in [-0.2, 0) is 14.8 Å². The van der Waals surface area contributed by atoms with Gasteiger partial charge in [-0.3, -0.25) is 9.10 Å². The van der Waals surface area contributed by atoms with E-state index < -0.39 is 22.0 Å². The smallest absolute Gasteiger partial charge is 0.241 e. The standard InChI is InChI=1S/C25H26N4O4S/c1-17-3-8-21(9-4-17)33-22-10-6-20(7-11-22)29(34(2,31)32)16-24(25(26)30)28-19-5-12-23-18(15-19)13-14-27-23/h3-15,24,27-28H,16H2,1-2H3,(H2,26,30)/t24-/m0/s1. The largest absolute Gasteiger partial charge is 0.457 e. The van der Waals surface area contributed by atoms with Crippen molar-refractivity contribution in [2.45, 2.75) is 13.0 Å². The number of aryl methyl sites for hydroxylation is 1. The third kappa shape index (κ3) is 5.49. The molecule has 1 atom stereocenters. The number of H-pyrrole nitrogens is 1. The van der Waals surface area contributed by atoms with Gasteiger partial charge in [0.05, 0.1) is 18.5 Å². The molecule has 34 heavy (non-hydrogen) atoms. The van der Waals surface area contributed by atoms with E-state index in [1.165, 1.54) is 0 Å². The molecule has 176 valence electrons. The van der Waals surface area contributed by atoms with Crippen LogP contribution in [0, 0.1) is 6.92 Å². The van der Waals surface area contributed by atoms with E-state index in [1.54, 1.807) is 30.3 Å². The van der Waals surface area contributed by atoms with Gasteiger partial charge in [-0.1, -0.05) is 17.7 Å². The second-order valence-corrected chi connectivity index (χ2v) is 9.99. The highest BCUT2D eigenvalue weighted by molar-refractivity contribution is 7.92. The Morgan fingerprint density at radius 2 is 1.68 bits per heavy atom. The molecule has 9 heteroatoms. The number of rotatable bonds is 9. The molecular formula is C25H26N4O4S. The van der Waals surface area contributed by atoms with Crippen LogP contribution in [0.4, 0.5) is 11.4 Å². The lowest BCUT2D eigenvalue weighted by atomic mass is 10.2. The molecule has 0 fully saturated rings. The number of sulfonamides is 1. The van der Waals surface area contributed by atoms with Gasteiger partial charge in [-0.2, -0.15) is 0 Å². The topological polar surface area (TPSA) is 118 Å². The Bertz CT molecular complexity index is 1400. The first kappa shape index (κ1) is 23.2. The molecule has 4 N–H and O–H groups in total. The van der Waals surface area contributed by atoms with E-state index in [0.29, 0.717) is 22.9 Å². The molecule has 0 aliphatic carbocycles. The number of amides is 1. The molecule has 0 aliphatic heterocycles. The summed E-state index contributed by atoms with van der Waals surface area (Å²) in [6.45, 7) is 1.82. The van der Waals surface area contributed by atoms with E-state index in [0.717, 1.165) is 27.0 Å². The van der Waals surface area contributed by atoms with Crippen LogP contribution < -0.4 is 20.1 Å². The molecule has 1 amide bonds. The number of nitrogens with two attached hydrogens (primary N) is 1. The SMILES string of the molecule is Cc1ccc(Oc2ccc(N(C[C@H](Nc3ccc4[nH]ccc4c3)C(N)=O)S(C)(=O)=O)cc2)cc1. The number of hydrogen-bond donors (Lipinski definition) is 3. The van der Waals surface area contributed by atoms with Gasteiger partial charge < -0.3 is 20.8 Å². The van der Waals surface area contributed by atoms with Crippen LogP contribution in [0.15, 0.2) is 79.0 Å². The van der Waals surface area contributed by atoms with Gasteiger partial charge in [0.15, 0.2) is 0 Å². The third-order valence-electron chi connectivity index (χ3n) is 5.37. The highest BCUT2D eigenvalue weighted by Gasteiger charge is 2.25. The second-order valence-electron chi connectivity index (χ2n) is 8.08. The van der Waals surface area contributed by atoms with E-state index in [2.05, 4.69) is 10.3 Å². The maximum absolute atomic E-state index is 12.6. The monoisotopic (exact) mass is 478 g/mol. The molecular weight excluding hydrogens is 452 g/mol.